The van der Waals surface area contributed by atoms with Crippen LogP contribution in [0, 0.1) is 5.92 Å². The van der Waals surface area contributed by atoms with Crippen molar-refractivity contribution in [3.05, 3.63) is 0 Å². The van der Waals surface area contributed by atoms with E-state index in [2.05, 4.69) is 27.7 Å². The fraction of sp³-hybridized carbons (Fsp3) is 1.00. The molecule has 0 fully saturated rings. The summed E-state index contributed by atoms with van der Waals surface area (Å²) in [6, 6.07) is 0. The molecule has 0 spiro atoms. The number of nitrogens with zero attached hydrogens (tertiary/aromatic N) is 1. The highest BCUT2D eigenvalue weighted by molar-refractivity contribution is 4.84. The third-order valence-corrected chi connectivity index (χ3v) is 2.12. The molecule has 0 saturated heterocycles. The van der Waals surface area contributed by atoms with Gasteiger partial charge >= 0.3 is 0 Å². The Balaban J connectivity index is 4.45. The summed E-state index contributed by atoms with van der Waals surface area (Å²) in [4.78, 5) is 0. The highest BCUT2D eigenvalue weighted by atomic mass is 16.5. The van der Waals surface area contributed by atoms with Crippen LogP contribution in [-0.4, -0.2) is 21.3 Å². The van der Waals surface area contributed by atoms with E-state index in [-0.39, 0.29) is 11.1 Å². The molecule has 0 aromatic heterocycles. The zero-order valence-electron chi connectivity index (χ0n) is 10.2. The van der Waals surface area contributed by atoms with Crippen LogP contribution in [0.2, 0.25) is 0 Å². The molecule has 0 aromatic rings. The number of hydroxylamine groups is 2. The van der Waals surface area contributed by atoms with Crippen LogP contribution in [0.15, 0.2) is 0 Å². The molecule has 0 aliphatic carbocycles. The lowest BCUT2D eigenvalue weighted by Gasteiger charge is -2.43. The molecule has 0 aliphatic heterocycles. The lowest BCUT2D eigenvalue weighted by Crippen LogP contribution is -2.52. The number of hydrogen-bond acceptors (Lipinski definition) is 2. The van der Waals surface area contributed by atoms with Gasteiger partial charge in [-0.1, -0.05) is 13.8 Å². The van der Waals surface area contributed by atoms with Crippen molar-refractivity contribution in [2.45, 2.75) is 66.0 Å². The Morgan fingerprint density at radius 1 is 1.08 bits per heavy atom. The van der Waals surface area contributed by atoms with Crippen molar-refractivity contribution in [1.82, 2.24) is 5.06 Å². The largest absolute Gasteiger partial charge is 0.313 e. The summed E-state index contributed by atoms with van der Waals surface area (Å²) in [5.41, 5.74) is -0.329. The monoisotopic (exact) mass is 187 g/mol. The second kappa shape index (κ2) is 3.97. The van der Waals surface area contributed by atoms with Crippen molar-refractivity contribution in [2.24, 2.45) is 5.92 Å². The Morgan fingerprint density at radius 2 is 1.46 bits per heavy atom. The third-order valence-electron chi connectivity index (χ3n) is 2.12. The third kappa shape index (κ3) is 4.10. The summed E-state index contributed by atoms with van der Waals surface area (Å²) < 4.78 is 0. The fourth-order valence-corrected chi connectivity index (χ4v) is 1.99. The van der Waals surface area contributed by atoms with E-state index in [1.807, 2.05) is 20.8 Å². The molecule has 0 aromatic carbocycles. The Morgan fingerprint density at radius 3 is 1.69 bits per heavy atom. The van der Waals surface area contributed by atoms with Gasteiger partial charge in [-0.3, -0.25) is 0 Å². The van der Waals surface area contributed by atoms with E-state index in [0.29, 0.717) is 5.92 Å². The minimum absolute atomic E-state index is 0.146. The van der Waals surface area contributed by atoms with Gasteiger partial charge in [0.1, 0.15) is 0 Å². The van der Waals surface area contributed by atoms with Gasteiger partial charge in [0.25, 0.3) is 0 Å². The van der Waals surface area contributed by atoms with Gasteiger partial charge in [0.15, 0.2) is 0 Å². The minimum atomic E-state index is -0.182. The Labute approximate surface area is 82.9 Å². The lowest BCUT2D eigenvalue weighted by atomic mass is 9.89. The van der Waals surface area contributed by atoms with Gasteiger partial charge < -0.3 is 5.21 Å². The van der Waals surface area contributed by atoms with E-state index in [1.54, 1.807) is 0 Å². The van der Waals surface area contributed by atoms with E-state index in [1.165, 1.54) is 5.06 Å². The van der Waals surface area contributed by atoms with Crippen LogP contribution in [-0.2, 0) is 0 Å². The number of rotatable bonds is 3. The molecule has 0 rings (SSSR count). The molecule has 13 heavy (non-hydrogen) atoms. The molecule has 0 heterocycles. The maximum atomic E-state index is 10.00. The topological polar surface area (TPSA) is 23.5 Å². The molecule has 0 aliphatic rings. The molecule has 0 atom stereocenters. The molecule has 80 valence electrons. The summed E-state index contributed by atoms with van der Waals surface area (Å²) in [7, 11) is 0. The fourth-order valence-electron chi connectivity index (χ4n) is 1.99. The van der Waals surface area contributed by atoms with Gasteiger partial charge in [0.2, 0.25) is 0 Å². The van der Waals surface area contributed by atoms with Gasteiger partial charge in [-0.25, -0.2) is 0 Å². The lowest BCUT2D eigenvalue weighted by molar-refractivity contribution is -0.222. The van der Waals surface area contributed by atoms with Crippen molar-refractivity contribution in [3.63, 3.8) is 0 Å². The first-order valence-corrected chi connectivity index (χ1v) is 5.06. The Kier molecular flexibility index (Phi) is 3.95. The predicted molar refractivity (Wildman–Crippen MR) is 56.9 cm³/mol. The van der Waals surface area contributed by atoms with Crippen LogP contribution in [0.3, 0.4) is 0 Å². The zero-order valence-corrected chi connectivity index (χ0v) is 10.2. The molecule has 0 saturated carbocycles. The zero-order chi connectivity index (χ0) is 10.9. The summed E-state index contributed by atoms with van der Waals surface area (Å²) in [5, 5.41) is 11.5. The van der Waals surface area contributed by atoms with Crippen molar-refractivity contribution < 1.29 is 5.21 Å². The average Bonchev–Trinajstić information content (AvgIpc) is 1.80. The summed E-state index contributed by atoms with van der Waals surface area (Å²) >= 11 is 0. The van der Waals surface area contributed by atoms with Crippen molar-refractivity contribution >= 4 is 0 Å². The van der Waals surface area contributed by atoms with E-state index in [4.69, 9.17) is 0 Å². The number of hydrogen-bond donors (Lipinski definition) is 1. The molecule has 2 nitrogen and oxygen atoms in total. The van der Waals surface area contributed by atoms with Crippen LogP contribution in [0.4, 0.5) is 0 Å². The Hall–Kier alpha value is -0.0800. The molecular weight excluding hydrogens is 162 g/mol. The molecule has 0 bridgehead atoms. The maximum Gasteiger partial charge on any atom is 0.0412 e. The van der Waals surface area contributed by atoms with Crippen molar-refractivity contribution in [2.75, 3.05) is 0 Å². The van der Waals surface area contributed by atoms with E-state index < -0.39 is 0 Å². The first kappa shape index (κ1) is 12.9. The summed E-state index contributed by atoms with van der Waals surface area (Å²) in [6.45, 7) is 14.6. The van der Waals surface area contributed by atoms with Crippen molar-refractivity contribution in [1.29, 1.82) is 0 Å². The van der Waals surface area contributed by atoms with Crippen LogP contribution >= 0.6 is 0 Å². The molecule has 0 unspecified atom stereocenters. The quantitative estimate of drug-likeness (QED) is 0.685. The molecular formula is C11H25NO. The SMILES string of the molecule is CC(C)CC(C)(C)N(O)C(C)(C)C. The van der Waals surface area contributed by atoms with Gasteiger partial charge in [0.05, 0.1) is 0 Å². The van der Waals surface area contributed by atoms with Gasteiger partial charge in [-0.15, -0.1) is 0 Å². The summed E-state index contributed by atoms with van der Waals surface area (Å²) in [5.74, 6) is 0.604. The minimum Gasteiger partial charge on any atom is -0.313 e. The molecule has 2 heteroatoms. The molecule has 1 N–H and O–H groups in total. The van der Waals surface area contributed by atoms with Crippen LogP contribution in [0.25, 0.3) is 0 Å². The van der Waals surface area contributed by atoms with Gasteiger partial charge in [-0.2, -0.15) is 5.06 Å². The highest BCUT2D eigenvalue weighted by Crippen LogP contribution is 2.27. The normalized spacial score (nSPS) is 14.3. The first-order chi connectivity index (χ1) is 5.57. The van der Waals surface area contributed by atoms with Crippen LogP contribution in [0.1, 0.15) is 54.9 Å². The van der Waals surface area contributed by atoms with E-state index in [0.717, 1.165) is 6.42 Å². The summed E-state index contributed by atoms with van der Waals surface area (Å²) in [6.07, 6.45) is 1.00. The van der Waals surface area contributed by atoms with Crippen LogP contribution in [0.5, 0.6) is 0 Å². The van der Waals surface area contributed by atoms with Gasteiger partial charge in [0, 0.05) is 11.1 Å². The molecule has 0 radical (unpaired) electrons. The van der Waals surface area contributed by atoms with Crippen LogP contribution < -0.4 is 0 Å². The van der Waals surface area contributed by atoms with Crippen molar-refractivity contribution in [3.8, 4) is 0 Å². The smallest absolute Gasteiger partial charge is 0.0412 e. The second-order valence-corrected chi connectivity index (χ2v) is 5.89. The maximum absolute atomic E-state index is 10.00. The highest BCUT2D eigenvalue weighted by Gasteiger charge is 2.34. The standard InChI is InChI=1S/C11H25NO/c1-9(2)8-11(6,7)12(13)10(3,4)5/h9,13H,8H2,1-7H3. The predicted octanol–water partition coefficient (Wildman–Crippen LogP) is 3.30. The average molecular weight is 187 g/mol. The van der Waals surface area contributed by atoms with E-state index in [9.17, 15) is 5.21 Å². The first-order valence-electron chi connectivity index (χ1n) is 5.06. The second-order valence-electron chi connectivity index (χ2n) is 5.89. The Bertz CT molecular complexity index is 156. The van der Waals surface area contributed by atoms with E-state index >= 15 is 0 Å². The van der Waals surface area contributed by atoms with Gasteiger partial charge in [-0.05, 0) is 47.0 Å². The molecule has 0 amide bonds.